The minimum absolute atomic E-state index is 0.0470. The number of rotatable bonds is 6. The lowest BCUT2D eigenvalue weighted by molar-refractivity contribution is -0.135. The van der Waals surface area contributed by atoms with Crippen LogP contribution < -0.4 is 11.1 Å². The van der Waals surface area contributed by atoms with E-state index in [1.54, 1.807) is 12.1 Å². The van der Waals surface area contributed by atoms with Gasteiger partial charge in [0.15, 0.2) is 0 Å². The highest BCUT2D eigenvalue weighted by atomic mass is 19.1. The van der Waals surface area contributed by atoms with Gasteiger partial charge in [0.25, 0.3) is 0 Å². The molecule has 1 aromatic carbocycles. The van der Waals surface area contributed by atoms with E-state index in [9.17, 15) is 14.0 Å². The summed E-state index contributed by atoms with van der Waals surface area (Å²) in [5.41, 5.74) is 6.84. The molecule has 3 N–H and O–H groups in total. The van der Waals surface area contributed by atoms with E-state index in [-0.39, 0.29) is 29.1 Å². The van der Waals surface area contributed by atoms with Gasteiger partial charge in [0.1, 0.15) is 5.82 Å². The Bertz CT molecular complexity index is 720. The van der Waals surface area contributed by atoms with Crippen LogP contribution in [0.5, 0.6) is 0 Å². The first kappa shape index (κ1) is 22.7. The van der Waals surface area contributed by atoms with Gasteiger partial charge in [-0.15, -0.1) is 0 Å². The van der Waals surface area contributed by atoms with E-state index in [1.165, 1.54) is 31.4 Å². The first-order valence-corrected chi connectivity index (χ1v) is 11.4. The molecule has 166 valence electrons. The maximum absolute atomic E-state index is 13.1. The van der Waals surface area contributed by atoms with Crippen LogP contribution in [-0.2, 0) is 16.0 Å². The summed E-state index contributed by atoms with van der Waals surface area (Å²) in [5, 5.41) is 3.39. The van der Waals surface area contributed by atoms with E-state index in [2.05, 4.69) is 5.32 Å². The lowest BCUT2D eigenvalue weighted by atomic mass is 9.69. The summed E-state index contributed by atoms with van der Waals surface area (Å²) in [6, 6.07) is 5.50. The third kappa shape index (κ3) is 5.39. The van der Waals surface area contributed by atoms with Gasteiger partial charge in [0.05, 0.1) is 6.04 Å². The molecule has 1 aliphatic heterocycles. The molecule has 0 aromatic heterocycles. The van der Waals surface area contributed by atoms with Crippen molar-refractivity contribution in [3.05, 3.63) is 35.6 Å². The van der Waals surface area contributed by atoms with Crippen molar-refractivity contribution in [3.63, 3.8) is 0 Å². The van der Waals surface area contributed by atoms with Crippen molar-refractivity contribution in [2.45, 2.75) is 76.8 Å². The molecular formula is C24H36FN3O2. The molecular weight excluding hydrogens is 381 g/mol. The summed E-state index contributed by atoms with van der Waals surface area (Å²) in [6.07, 6.45) is 7.97. The molecule has 1 saturated carbocycles. The molecule has 1 aliphatic carbocycles. The highest BCUT2D eigenvalue weighted by Crippen LogP contribution is 2.39. The average molecular weight is 418 g/mol. The number of halogens is 1. The van der Waals surface area contributed by atoms with E-state index < -0.39 is 6.04 Å². The second-order valence-corrected chi connectivity index (χ2v) is 9.40. The van der Waals surface area contributed by atoms with Crippen LogP contribution in [0.4, 0.5) is 4.39 Å². The second-order valence-electron chi connectivity index (χ2n) is 9.40. The third-order valence-electron chi connectivity index (χ3n) is 6.94. The standard InChI is InChI=1S/C24H36FN3O2/c1-17(2)22(29)27-24(19-6-4-3-5-7-19)12-14-28(15-13-24)23(30)21(26)16-18-8-10-20(25)11-9-18/h8-11,17,19,21H,3-7,12-16,26H2,1-2H3,(H,27,29)/t21-/m1/s1. The quantitative estimate of drug-likeness (QED) is 0.745. The average Bonchev–Trinajstić information content (AvgIpc) is 2.76. The summed E-state index contributed by atoms with van der Waals surface area (Å²) in [4.78, 5) is 27.3. The number of nitrogens with two attached hydrogens (primary N) is 1. The number of carbonyl (C=O) groups excluding carboxylic acids is 2. The number of nitrogens with zero attached hydrogens (tertiary/aromatic N) is 1. The predicted octanol–water partition coefficient (Wildman–Crippen LogP) is 3.41. The van der Waals surface area contributed by atoms with Crippen molar-refractivity contribution in [1.82, 2.24) is 10.2 Å². The Morgan fingerprint density at radius 1 is 1.13 bits per heavy atom. The smallest absolute Gasteiger partial charge is 0.239 e. The van der Waals surface area contributed by atoms with Crippen LogP contribution in [0.2, 0.25) is 0 Å². The van der Waals surface area contributed by atoms with Crippen molar-refractivity contribution >= 4 is 11.8 Å². The second kappa shape index (κ2) is 9.90. The van der Waals surface area contributed by atoms with Gasteiger partial charge >= 0.3 is 0 Å². The lowest BCUT2D eigenvalue weighted by Gasteiger charge is -2.49. The van der Waals surface area contributed by atoms with Gasteiger partial charge in [0.2, 0.25) is 11.8 Å². The summed E-state index contributed by atoms with van der Waals surface area (Å²) in [5.74, 6) is 0.186. The number of carbonyl (C=O) groups is 2. The molecule has 1 atom stereocenters. The van der Waals surface area contributed by atoms with Gasteiger partial charge in [-0.2, -0.15) is 0 Å². The van der Waals surface area contributed by atoms with Gasteiger partial charge in [-0.05, 0) is 55.7 Å². The Labute approximate surface area is 179 Å². The van der Waals surface area contributed by atoms with Gasteiger partial charge in [0, 0.05) is 24.5 Å². The largest absolute Gasteiger partial charge is 0.350 e. The maximum atomic E-state index is 13.1. The number of nitrogens with one attached hydrogen (secondary N) is 1. The molecule has 1 aromatic rings. The third-order valence-corrected chi connectivity index (χ3v) is 6.94. The summed E-state index contributed by atoms with van der Waals surface area (Å²) in [6.45, 7) is 5.09. The molecule has 1 heterocycles. The Kier molecular flexibility index (Phi) is 7.50. The fourth-order valence-electron chi connectivity index (χ4n) is 5.00. The van der Waals surface area contributed by atoms with Crippen molar-refractivity contribution in [2.24, 2.45) is 17.6 Å². The SMILES string of the molecule is CC(C)C(=O)NC1(C2CCCCC2)CCN(C(=O)[C@H](N)Cc2ccc(F)cc2)CC1. The van der Waals surface area contributed by atoms with Crippen LogP contribution in [0.15, 0.2) is 24.3 Å². The van der Waals surface area contributed by atoms with Crippen LogP contribution in [0.1, 0.15) is 64.4 Å². The van der Waals surface area contributed by atoms with Crippen LogP contribution >= 0.6 is 0 Å². The fraction of sp³-hybridized carbons (Fsp3) is 0.667. The molecule has 3 rings (SSSR count). The van der Waals surface area contributed by atoms with E-state index in [4.69, 9.17) is 5.73 Å². The minimum atomic E-state index is -0.636. The predicted molar refractivity (Wildman–Crippen MR) is 116 cm³/mol. The Morgan fingerprint density at radius 3 is 2.30 bits per heavy atom. The van der Waals surface area contributed by atoms with Crippen LogP contribution in [0, 0.1) is 17.7 Å². The Hall–Kier alpha value is -1.95. The molecule has 6 heteroatoms. The molecule has 0 bridgehead atoms. The molecule has 2 fully saturated rings. The van der Waals surface area contributed by atoms with Gasteiger partial charge in [-0.3, -0.25) is 9.59 Å². The maximum Gasteiger partial charge on any atom is 0.239 e. The minimum Gasteiger partial charge on any atom is -0.350 e. The normalized spacial score (nSPS) is 20.8. The summed E-state index contributed by atoms with van der Waals surface area (Å²) < 4.78 is 13.1. The van der Waals surface area contributed by atoms with E-state index in [0.717, 1.165) is 31.2 Å². The van der Waals surface area contributed by atoms with Crippen LogP contribution in [0.25, 0.3) is 0 Å². The van der Waals surface area contributed by atoms with Gasteiger partial charge in [-0.25, -0.2) is 4.39 Å². The molecule has 0 radical (unpaired) electrons. The zero-order chi connectivity index (χ0) is 21.7. The first-order valence-electron chi connectivity index (χ1n) is 11.4. The van der Waals surface area contributed by atoms with Crippen LogP contribution in [-0.4, -0.2) is 41.4 Å². The van der Waals surface area contributed by atoms with Gasteiger partial charge in [-0.1, -0.05) is 45.2 Å². The first-order chi connectivity index (χ1) is 14.3. The van der Waals surface area contributed by atoms with E-state index in [0.29, 0.717) is 25.4 Å². The van der Waals surface area contributed by atoms with Crippen molar-refractivity contribution in [3.8, 4) is 0 Å². The topological polar surface area (TPSA) is 75.4 Å². The monoisotopic (exact) mass is 417 g/mol. The Balaban J connectivity index is 1.63. The number of amides is 2. The lowest BCUT2D eigenvalue weighted by Crippen LogP contribution is -2.62. The van der Waals surface area contributed by atoms with Crippen molar-refractivity contribution in [2.75, 3.05) is 13.1 Å². The highest BCUT2D eigenvalue weighted by molar-refractivity contribution is 5.82. The number of benzene rings is 1. The van der Waals surface area contributed by atoms with Crippen molar-refractivity contribution in [1.29, 1.82) is 0 Å². The molecule has 0 unspecified atom stereocenters. The fourth-order valence-corrected chi connectivity index (χ4v) is 5.00. The summed E-state index contributed by atoms with van der Waals surface area (Å²) in [7, 11) is 0. The van der Waals surface area contributed by atoms with E-state index >= 15 is 0 Å². The molecule has 5 nitrogen and oxygen atoms in total. The Morgan fingerprint density at radius 2 is 1.73 bits per heavy atom. The zero-order valence-corrected chi connectivity index (χ0v) is 18.3. The molecule has 0 spiro atoms. The van der Waals surface area contributed by atoms with Crippen molar-refractivity contribution < 1.29 is 14.0 Å². The number of piperidine rings is 1. The molecule has 30 heavy (non-hydrogen) atoms. The molecule has 2 amide bonds. The number of likely N-dealkylation sites (tertiary alicyclic amines) is 1. The number of hydrogen-bond acceptors (Lipinski definition) is 3. The number of hydrogen-bond donors (Lipinski definition) is 2. The highest BCUT2D eigenvalue weighted by Gasteiger charge is 2.44. The summed E-state index contributed by atoms with van der Waals surface area (Å²) >= 11 is 0. The zero-order valence-electron chi connectivity index (χ0n) is 18.3. The van der Waals surface area contributed by atoms with E-state index in [1.807, 2.05) is 18.7 Å². The van der Waals surface area contributed by atoms with Crippen LogP contribution in [0.3, 0.4) is 0 Å². The molecule has 2 aliphatic rings. The molecule has 1 saturated heterocycles. The van der Waals surface area contributed by atoms with Gasteiger partial charge < -0.3 is 16.0 Å².